The maximum Gasteiger partial charge on any atom is 0.225 e. The monoisotopic (exact) mass is 351 g/mol. The van der Waals surface area contributed by atoms with E-state index in [0.717, 1.165) is 37.0 Å². The predicted molar refractivity (Wildman–Crippen MR) is 99.9 cm³/mol. The van der Waals surface area contributed by atoms with E-state index in [1.165, 1.54) is 5.56 Å². The summed E-state index contributed by atoms with van der Waals surface area (Å²) < 4.78 is 11.7. The molecule has 2 atom stereocenters. The predicted octanol–water partition coefficient (Wildman–Crippen LogP) is 4.11. The summed E-state index contributed by atoms with van der Waals surface area (Å²) in [6.45, 7) is 0.577. The van der Waals surface area contributed by atoms with E-state index in [4.69, 9.17) is 9.47 Å². The van der Waals surface area contributed by atoms with E-state index >= 15 is 0 Å². The van der Waals surface area contributed by atoms with E-state index < -0.39 is 5.72 Å². The Morgan fingerprint density at radius 2 is 2.04 bits per heavy atom. The van der Waals surface area contributed by atoms with Crippen molar-refractivity contribution in [3.05, 3.63) is 65.7 Å². The van der Waals surface area contributed by atoms with Gasteiger partial charge in [-0.05, 0) is 48.9 Å². The smallest absolute Gasteiger partial charge is 0.225 e. The maximum absolute atomic E-state index is 12.8. The summed E-state index contributed by atoms with van der Waals surface area (Å²) in [5, 5.41) is 0. The molecule has 26 heavy (non-hydrogen) atoms. The maximum atomic E-state index is 12.8. The lowest BCUT2D eigenvalue weighted by Crippen LogP contribution is -2.52. The fraction of sp³-hybridized carbons (Fsp3) is 0.409. The van der Waals surface area contributed by atoms with Crippen LogP contribution in [0.1, 0.15) is 42.9 Å². The largest absolute Gasteiger partial charge is 0.497 e. The number of piperidine rings is 1. The second-order valence-corrected chi connectivity index (χ2v) is 7.15. The van der Waals surface area contributed by atoms with Crippen LogP contribution in [0.4, 0.5) is 0 Å². The first-order valence-electron chi connectivity index (χ1n) is 9.36. The van der Waals surface area contributed by atoms with Crippen molar-refractivity contribution in [2.75, 3.05) is 13.7 Å². The van der Waals surface area contributed by atoms with Crippen molar-refractivity contribution in [2.45, 2.75) is 43.9 Å². The third kappa shape index (κ3) is 3.10. The molecule has 4 rings (SSSR count). The number of carbonyl (C=O) groups excluding carboxylic acids is 1. The summed E-state index contributed by atoms with van der Waals surface area (Å²) in [5.41, 5.74) is 1.90. The van der Waals surface area contributed by atoms with Gasteiger partial charge in [0.05, 0.1) is 19.8 Å². The molecule has 0 bridgehead atoms. The highest BCUT2D eigenvalue weighted by Crippen LogP contribution is 2.45. The number of benzene rings is 2. The number of fused-ring (bicyclic) bond motifs is 1. The van der Waals surface area contributed by atoms with E-state index in [-0.39, 0.29) is 11.9 Å². The fourth-order valence-electron chi connectivity index (χ4n) is 4.30. The number of hydrogen-bond donors (Lipinski definition) is 0. The van der Waals surface area contributed by atoms with Crippen molar-refractivity contribution in [2.24, 2.45) is 0 Å². The highest BCUT2D eigenvalue weighted by Gasteiger charge is 2.51. The van der Waals surface area contributed by atoms with Gasteiger partial charge in [-0.1, -0.05) is 42.5 Å². The van der Waals surface area contributed by atoms with Crippen LogP contribution in [-0.4, -0.2) is 30.2 Å². The summed E-state index contributed by atoms with van der Waals surface area (Å²) in [6.07, 6.45) is 4.10. The fourth-order valence-corrected chi connectivity index (χ4v) is 4.30. The molecule has 0 radical (unpaired) electrons. The van der Waals surface area contributed by atoms with Gasteiger partial charge in [-0.25, -0.2) is 0 Å². The van der Waals surface area contributed by atoms with Crippen LogP contribution in [0.15, 0.2) is 54.6 Å². The molecule has 0 N–H and O–H groups in total. The molecule has 0 spiro atoms. The van der Waals surface area contributed by atoms with Gasteiger partial charge in [-0.3, -0.25) is 4.79 Å². The minimum Gasteiger partial charge on any atom is -0.497 e. The lowest BCUT2D eigenvalue weighted by atomic mass is 9.90. The quantitative estimate of drug-likeness (QED) is 0.814. The average Bonchev–Trinajstić information content (AvgIpc) is 3.09. The van der Waals surface area contributed by atoms with E-state index in [2.05, 4.69) is 24.3 Å². The van der Waals surface area contributed by atoms with E-state index in [1.54, 1.807) is 7.11 Å². The van der Waals surface area contributed by atoms with Gasteiger partial charge in [0.1, 0.15) is 11.5 Å². The normalized spacial score (nSPS) is 25.2. The Balaban J connectivity index is 1.57. The van der Waals surface area contributed by atoms with Crippen molar-refractivity contribution in [1.29, 1.82) is 0 Å². The lowest BCUT2D eigenvalue weighted by Gasteiger charge is -2.43. The third-order valence-corrected chi connectivity index (χ3v) is 5.61. The molecular weight excluding hydrogens is 326 g/mol. The Bertz CT molecular complexity index is 776. The van der Waals surface area contributed by atoms with Gasteiger partial charge in [-0.2, -0.15) is 0 Å². The first-order valence-corrected chi connectivity index (χ1v) is 9.36. The van der Waals surface area contributed by atoms with E-state index in [1.807, 2.05) is 35.2 Å². The average molecular weight is 351 g/mol. The van der Waals surface area contributed by atoms with Crippen LogP contribution in [0.2, 0.25) is 0 Å². The molecule has 2 aliphatic heterocycles. The first kappa shape index (κ1) is 17.1. The van der Waals surface area contributed by atoms with Crippen LogP contribution in [0.5, 0.6) is 5.75 Å². The molecule has 2 saturated heterocycles. The van der Waals surface area contributed by atoms with E-state index in [9.17, 15) is 4.79 Å². The number of carbonyl (C=O) groups is 1. The molecule has 4 heteroatoms. The molecule has 136 valence electrons. The molecule has 2 heterocycles. The molecular formula is C22H25NO3. The Morgan fingerprint density at radius 1 is 1.19 bits per heavy atom. The molecule has 2 aromatic carbocycles. The number of hydrogen-bond acceptors (Lipinski definition) is 3. The van der Waals surface area contributed by atoms with Gasteiger partial charge < -0.3 is 14.4 Å². The van der Waals surface area contributed by atoms with Crippen LogP contribution in [0, 0.1) is 0 Å². The van der Waals surface area contributed by atoms with Gasteiger partial charge in [0.2, 0.25) is 5.91 Å². The van der Waals surface area contributed by atoms with Gasteiger partial charge in [-0.15, -0.1) is 0 Å². The molecule has 2 fully saturated rings. The molecule has 2 unspecified atom stereocenters. The summed E-state index contributed by atoms with van der Waals surface area (Å²) in [5.74, 6) is 1.08. The van der Waals surface area contributed by atoms with Crippen molar-refractivity contribution >= 4 is 5.91 Å². The van der Waals surface area contributed by atoms with Gasteiger partial charge in [0, 0.05) is 6.42 Å². The minimum absolute atomic E-state index is 0.0225. The molecule has 0 saturated carbocycles. The summed E-state index contributed by atoms with van der Waals surface area (Å²) in [4.78, 5) is 14.8. The number of methoxy groups -OCH3 is 1. The molecule has 2 aromatic rings. The second-order valence-electron chi connectivity index (χ2n) is 7.15. The Hall–Kier alpha value is -2.33. The molecule has 0 aliphatic carbocycles. The van der Waals surface area contributed by atoms with Crippen LogP contribution < -0.4 is 4.74 Å². The molecule has 4 nitrogen and oxygen atoms in total. The van der Waals surface area contributed by atoms with Crippen molar-refractivity contribution in [3.63, 3.8) is 0 Å². The SMILES string of the molecule is COc1cccc(CCC23CCCC(=O)N2C(c2ccccc2)CO3)c1. The van der Waals surface area contributed by atoms with Crippen LogP contribution in [0.25, 0.3) is 0 Å². The standard InChI is InChI=1S/C22H25NO3/c1-25-19-10-5-7-17(15-19)12-14-22-13-6-11-21(24)23(22)20(16-26-22)18-8-3-2-4-9-18/h2-5,7-10,15,20H,6,11-14,16H2,1H3. The first-order chi connectivity index (χ1) is 12.7. The van der Waals surface area contributed by atoms with Crippen LogP contribution in [-0.2, 0) is 16.0 Å². The Labute approximate surface area is 154 Å². The Morgan fingerprint density at radius 3 is 2.85 bits per heavy atom. The third-order valence-electron chi connectivity index (χ3n) is 5.61. The highest BCUT2D eigenvalue weighted by molar-refractivity contribution is 5.78. The van der Waals surface area contributed by atoms with Crippen molar-refractivity contribution < 1.29 is 14.3 Å². The molecule has 0 aromatic heterocycles. The number of nitrogens with zero attached hydrogens (tertiary/aromatic N) is 1. The molecule has 1 amide bonds. The Kier molecular flexibility index (Phi) is 4.68. The summed E-state index contributed by atoms with van der Waals surface area (Å²) in [7, 11) is 1.68. The summed E-state index contributed by atoms with van der Waals surface area (Å²) in [6, 6.07) is 18.4. The minimum atomic E-state index is -0.473. The van der Waals surface area contributed by atoms with Crippen molar-refractivity contribution in [1.82, 2.24) is 4.90 Å². The van der Waals surface area contributed by atoms with Gasteiger partial charge in [0.15, 0.2) is 0 Å². The number of amides is 1. The number of ether oxygens (including phenoxy) is 2. The zero-order valence-corrected chi connectivity index (χ0v) is 15.2. The zero-order valence-electron chi connectivity index (χ0n) is 15.2. The lowest BCUT2D eigenvalue weighted by molar-refractivity contribution is -0.162. The highest BCUT2D eigenvalue weighted by atomic mass is 16.5. The number of rotatable bonds is 5. The topological polar surface area (TPSA) is 38.8 Å². The van der Waals surface area contributed by atoms with E-state index in [0.29, 0.717) is 13.0 Å². The van der Waals surface area contributed by atoms with Crippen molar-refractivity contribution in [3.8, 4) is 5.75 Å². The van der Waals surface area contributed by atoms with Crippen LogP contribution >= 0.6 is 0 Å². The summed E-state index contributed by atoms with van der Waals surface area (Å²) >= 11 is 0. The number of aryl methyl sites for hydroxylation is 1. The zero-order chi connectivity index (χ0) is 18.0. The second kappa shape index (κ2) is 7.12. The van der Waals surface area contributed by atoms with Crippen LogP contribution in [0.3, 0.4) is 0 Å². The van der Waals surface area contributed by atoms with Gasteiger partial charge in [0.25, 0.3) is 0 Å². The van der Waals surface area contributed by atoms with Gasteiger partial charge >= 0.3 is 0 Å². The molecule has 2 aliphatic rings.